The topological polar surface area (TPSA) is 68.7 Å². The van der Waals surface area contributed by atoms with Gasteiger partial charge in [-0.3, -0.25) is 4.98 Å². The second-order valence-electron chi connectivity index (χ2n) is 4.94. The molecule has 0 spiro atoms. The Kier molecular flexibility index (Phi) is 3.85. The predicted octanol–water partition coefficient (Wildman–Crippen LogP) is 3.62. The normalized spacial score (nSPS) is 10.5. The van der Waals surface area contributed by atoms with Crippen LogP contribution in [0.5, 0.6) is 11.5 Å². The number of aromatic nitrogens is 1. The van der Waals surface area contributed by atoms with Gasteiger partial charge in [0.25, 0.3) is 0 Å². The van der Waals surface area contributed by atoms with Gasteiger partial charge in [0.05, 0.1) is 19.8 Å². The first kappa shape index (κ1) is 14.8. The summed E-state index contributed by atoms with van der Waals surface area (Å²) in [7, 11) is 3.15. The van der Waals surface area contributed by atoms with Crippen LogP contribution >= 0.6 is 0 Å². The lowest BCUT2D eigenvalue weighted by Crippen LogP contribution is -1.98. The van der Waals surface area contributed by atoms with Gasteiger partial charge in [-0.15, -0.1) is 0 Å². The third-order valence-corrected chi connectivity index (χ3v) is 3.69. The molecule has 23 heavy (non-hydrogen) atoms. The average Bonchev–Trinajstić information content (AvgIpc) is 2.60. The number of rotatable bonds is 4. The summed E-state index contributed by atoms with van der Waals surface area (Å²) in [6.07, 6.45) is 1.69. The number of nitrogens with zero attached hydrogens (tertiary/aromatic N) is 1. The second kappa shape index (κ2) is 5.96. The van der Waals surface area contributed by atoms with E-state index >= 15 is 0 Å². The minimum atomic E-state index is -0.982. The molecule has 1 heterocycles. The number of hydrogen-bond acceptors (Lipinski definition) is 4. The van der Waals surface area contributed by atoms with E-state index in [1.807, 2.05) is 24.3 Å². The average molecular weight is 309 g/mol. The van der Waals surface area contributed by atoms with Gasteiger partial charge in [-0.25, -0.2) is 4.79 Å². The Hall–Kier alpha value is -3.08. The van der Waals surface area contributed by atoms with Crippen LogP contribution in [0.2, 0.25) is 0 Å². The molecule has 116 valence electrons. The molecule has 0 bridgehead atoms. The zero-order valence-corrected chi connectivity index (χ0v) is 12.7. The van der Waals surface area contributed by atoms with E-state index in [4.69, 9.17) is 9.47 Å². The zero-order valence-electron chi connectivity index (χ0n) is 12.7. The highest BCUT2D eigenvalue weighted by Crippen LogP contribution is 2.38. The van der Waals surface area contributed by atoms with Crippen molar-refractivity contribution < 1.29 is 19.4 Å². The van der Waals surface area contributed by atoms with Crippen LogP contribution in [0.1, 0.15) is 10.4 Å². The SMILES string of the molecule is COc1ccc(C(=O)O)cc1-c1ccc(OC)c2ncccc12. The van der Waals surface area contributed by atoms with E-state index in [0.717, 1.165) is 16.5 Å². The van der Waals surface area contributed by atoms with Crippen LogP contribution < -0.4 is 9.47 Å². The number of fused-ring (bicyclic) bond motifs is 1. The molecule has 3 aromatic rings. The fourth-order valence-electron chi connectivity index (χ4n) is 2.60. The Morgan fingerprint density at radius 3 is 2.43 bits per heavy atom. The van der Waals surface area contributed by atoms with E-state index in [1.54, 1.807) is 32.5 Å². The minimum absolute atomic E-state index is 0.202. The highest BCUT2D eigenvalue weighted by Gasteiger charge is 2.15. The van der Waals surface area contributed by atoms with Crippen molar-refractivity contribution >= 4 is 16.9 Å². The number of carboxylic acids is 1. The molecule has 0 atom stereocenters. The van der Waals surface area contributed by atoms with Crippen LogP contribution in [-0.4, -0.2) is 30.3 Å². The molecule has 0 saturated heterocycles. The van der Waals surface area contributed by atoms with Gasteiger partial charge < -0.3 is 14.6 Å². The highest BCUT2D eigenvalue weighted by atomic mass is 16.5. The summed E-state index contributed by atoms with van der Waals surface area (Å²) < 4.78 is 10.7. The maximum atomic E-state index is 11.3. The molecule has 3 rings (SSSR count). The molecule has 2 aromatic carbocycles. The fourth-order valence-corrected chi connectivity index (χ4v) is 2.60. The molecule has 0 aliphatic carbocycles. The summed E-state index contributed by atoms with van der Waals surface area (Å²) in [6, 6.07) is 12.2. The van der Waals surface area contributed by atoms with Crippen molar-refractivity contribution in [2.24, 2.45) is 0 Å². The molecule has 0 amide bonds. The zero-order chi connectivity index (χ0) is 16.4. The Morgan fingerprint density at radius 2 is 1.74 bits per heavy atom. The number of carbonyl (C=O) groups is 1. The number of pyridine rings is 1. The van der Waals surface area contributed by atoms with E-state index in [9.17, 15) is 9.90 Å². The number of hydrogen-bond donors (Lipinski definition) is 1. The van der Waals surface area contributed by atoms with Gasteiger partial charge in [0.15, 0.2) is 0 Å². The van der Waals surface area contributed by atoms with Crippen molar-refractivity contribution in [2.75, 3.05) is 14.2 Å². The summed E-state index contributed by atoms with van der Waals surface area (Å²) >= 11 is 0. The van der Waals surface area contributed by atoms with E-state index < -0.39 is 5.97 Å². The molecule has 5 nitrogen and oxygen atoms in total. The molecule has 0 unspecified atom stereocenters. The van der Waals surface area contributed by atoms with E-state index in [1.165, 1.54) is 6.07 Å². The summed E-state index contributed by atoms with van der Waals surface area (Å²) in [6.45, 7) is 0. The van der Waals surface area contributed by atoms with Crippen molar-refractivity contribution in [1.82, 2.24) is 4.98 Å². The van der Waals surface area contributed by atoms with Crippen LogP contribution in [0.4, 0.5) is 0 Å². The summed E-state index contributed by atoms with van der Waals surface area (Å²) in [5, 5.41) is 10.1. The number of carboxylic acid groups (broad SMARTS) is 1. The highest BCUT2D eigenvalue weighted by molar-refractivity contribution is 6.00. The molecule has 0 saturated carbocycles. The van der Waals surface area contributed by atoms with E-state index in [-0.39, 0.29) is 5.56 Å². The maximum Gasteiger partial charge on any atom is 0.335 e. The smallest absolute Gasteiger partial charge is 0.335 e. The van der Waals surface area contributed by atoms with Gasteiger partial charge in [0, 0.05) is 17.1 Å². The quantitative estimate of drug-likeness (QED) is 0.797. The van der Waals surface area contributed by atoms with Gasteiger partial charge in [-0.05, 0) is 42.0 Å². The maximum absolute atomic E-state index is 11.3. The molecule has 0 radical (unpaired) electrons. The Labute approximate surface area is 133 Å². The third-order valence-electron chi connectivity index (χ3n) is 3.69. The van der Waals surface area contributed by atoms with Gasteiger partial charge >= 0.3 is 5.97 Å². The third kappa shape index (κ3) is 2.57. The van der Waals surface area contributed by atoms with Crippen LogP contribution in [-0.2, 0) is 0 Å². The number of benzene rings is 2. The lowest BCUT2D eigenvalue weighted by Gasteiger charge is -2.13. The molecule has 0 fully saturated rings. The number of ether oxygens (including phenoxy) is 2. The molecule has 0 aliphatic heterocycles. The molecule has 1 N–H and O–H groups in total. The lowest BCUT2D eigenvalue weighted by molar-refractivity contribution is 0.0697. The predicted molar refractivity (Wildman–Crippen MR) is 87.2 cm³/mol. The summed E-state index contributed by atoms with van der Waals surface area (Å²) in [5.74, 6) is 0.285. The van der Waals surface area contributed by atoms with E-state index in [0.29, 0.717) is 17.1 Å². The Bertz CT molecular complexity index is 889. The standard InChI is InChI=1S/C18H15NO4/c1-22-15-7-5-11(18(20)21)10-14(15)12-6-8-16(23-2)17-13(12)4-3-9-19-17/h3-10H,1-2H3,(H,20,21). The fraction of sp³-hybridized carbons (Fsp3) is 0.111. The first-order chi connectivity index (χ1) is 11.2. The van der Waals surface area contributed by atoms with Gasteiger partial charge in [-0.2, -0.15) is 0 Å². The number of aromatic carboxylic acids is 1. The number of methoxy groups -OCH3 is 2. The summed E-state index contributed by atoms with van der Waals surface area (Å²) in [5.41, 5.74) is 2.46. The molecule has 5 heteroatoms. The largest absolute Gasteiger partial charge is 0.496 e. The first-order valence-electron chi connectivity index (χ1n) is 6.99. The van der Waals surface area contributed by atoms with E-state index in [2.05, 4.69) is 4.98 Å². The lowest BCUT2D eigenvalue weighted by atomic mass is 9.97. The van der Waals surface area contributed by atoms with Crippen LogP contribution in [0.15, 0.2) is 48.7 Å². The molecular formula is C18H15NO4. The van der Waals surface area contributed by atoms with Crippen molar-refractivity contribution in [3.05, 3.63) is 54.2 Å². The van der Waals surface area contributed by atoms with Crippen molar-refractivity contribution in [3.8, 4) is 22.6 Å². The molecular weight excluding hydrogens is 294 g/mol. The first-order valence-corrected chi connectivity index (χ1v) is 6.99. The minimum Gasteiger partial charge on any atom is -0.496 e. The molecule has 1 aromatic heterocycles. The Morgan fingerprint density at radius 1 is 1.00 bits per heavy atom. The van der Waals surface area contributed by atoms with Crippen molar-refractivity contribution in [3.63, 3.8) is 0 Å². The monoisotopic (exact) mass is 309 g/mol. The summed E-state index contributed by atoms with van der Waals surface area (Å²) in [4.78, 5) is 15.6. The van der Waals surface area contributed by atoms with Gasteiger partial charge in [-0.1, -0.05) is 6.07 Å². The second-order valence-corrected chi connectivity index (χ2v) is 4.94. The van der Waals surface area contributed by atoms with Crippen LogP contribution in [0.3, 0.4) is 0 Å². The van der Waals surface area contributed by atoms with Crippen molar-refractivity contribution in [1.29, 1.82) is 0 Å². The van der Waals surface area contributed by atoms with Crippen LogP contribution in [0.25, 0.3) is 22.0 Å². The molecule has 0 aliphatic rings. The van der Waals surface area contributed by atoms with Crippen molar-refractivity contribution in [2.45, 2.75) is 0 Å². The van der Waals surface area contributed by atoms with Crippen LogP contribution in [0, 0.1) is 0 Å². The Balaban J connectivity index is 2.33. The van der Waals surface area contributed by atoms with Gasteiger partial charge in [0.1, 0.15) is 17.0 Å². The van der Waals surface area contributed by atoms with Gasteiger partial charge in [0.2, 0.25) is 0 Å².